The van der Waals surface area contributed by atoms with Crippen molar-refractivity contribution in [3.8, 4) is 0 Å². The number of carbonyl (C=O) groups is 3. The molecule has 5 aliphatic carbocycles. The highest BCUT2D eigenvalue weighted by Gasteiger charge is 2.61. The van der Waals surface area contributed by atoms with Crippen LogP contribution in [-0.4, -0.2) is 85.4 Å². The van der Waals surface area contributed by atoms with Crippen LogP contribution in [0.15, 0.2) is 211 Å². The summed E-state index contributed by atoms with van der Waals surface area (Å²) in [6.07, 6.45) is 5.19. The Morgan fingerprint density at radius 2 is 0.915 bits per heavy atom. The van der Waals surface area contributed by atoms with Crippen molar-refractivity contribution in [1.82, 2.24) is 0 Å². The van der Waals surface area contributed by atoms with Gasteiger partial charge in [0, 0.05) is 25.4 Å². The van der Waals surface area contributed by atoms with E-state index in [-0.39, 0.29) is 46.2 Å². The van der Waals surface area contributed by atoms with Crippen molar-refractivity contribution in [2.75, 3.05) is 13.2 Å². The molecule has 21 heteroatoms. The molecule has 0 N–H and O–H groups in total. The van der Waals surface area contributed by atoms with Crippen LogP contribution < -0.4 is 0 Å². The van der Waals surface area contributed by atoms with Crippen molar-refractivity contribution in [3.05, 3.63) is 182 Å². The van der Waals surface area contributed by atoms with Gasteiger partial charge in [-0.1, -0.05) is 109 Å². The zero-order valence-electron chi connectivity index (χ0n) is 44.6. The first-order valence-corrected chi connectivity index (χ1v) is 31.9. The third-order valence-electron chi connectivity index (χ3n) is 14.9. The van der Waals surface area contributed by atoms with Crippen LogP contribution in [0, 0.1) is 23.2 Å². The van der Waals surface area contributed by atoms with Crippen LogP contribution >= 0.6 is 0 Å². The molecule has 13 nitrogen and oxygen atoms in total. The predicted octanol–water partition coefficient (Wildman–Crippen LogP) is 11.8. The first-order chi connectivity index (χ1) is 39.0. The maximum absolute atomic E-state index is 13.3. The minimum absolute atomic E-state index is 0.0146. The van der Waals surface area contributed by atoms with Gasteiger partial charge in [-0.15, -0.1) is 0 Å². The van der Waals surface area contributed by atoms with E-state index < -0.39 is 72.4 Å². The second-order valence-electron chi connectivity index (χ2n) is 21.0. The molecule has 436 valence electrons. The number of alkyl halides is 4. The molecule has 1 heterocycles. The Bertz CT molecular complexity index is 2980. The molecule has 1 saturated heterocycles. The topological polar surface area (TPSA) is 203 Å². The molecule has 6 aromatic rings. The van der Waals surface area contributed by atoms with Gasteiger partial charge in [-0.25, -0.2) is 26.4 Å². The number of benzene rings is 6. The average molecular weight is 1210 g/mol. The quantitative estimate of drug-likeness (QED) is 0.0328. The zero-order chi connectivity index (χ0) is 58.8. The van der Waals surface area contributed by atoms with Gasteiger partial charge in [0.25, 0.3) is 0 Å². The monoisotopic (exact) mass is 1210 g/mol. The predicted molar refractivity (Wildman–Crippen MR) is 296 cm³/mol. The Kier molecular flexibility index (Phi) is 20.2. The molecule has 0 spiro atoms. The molecule has 0 amide bonds. The number of fused-ring (bicyclic) bond motifs is 1. The van der Waals surface area contributed by atoms with Gasteiger partial charge in [0.15, 0.2) is 49.6 Å². The smallest absolute Gasteiger partial charge is 0.428 e. The molecule has 6 aliphatic rings. The molecule has 6 fully saturated rings. The molecule has 0 radical (unpaired) electrons. The summed E-state index contributed by atoms with van der Waals surface area (Å²) in [7, 11) is -12.2. The van der Waals surface area contributed by atoms with E-state index in [1.54, 1.807) is 0 Å². The third-order valence-corrected chi connectivity index (χ3v) is 21.0. The Balaban J connectivity index is 0.000000144. The SMILES string of the molecule is CC(=O)OC12CC3CC(CC(COC(=O)C(F)(F)S(=O)(=O)[O-])(C3)C1)C2.O=C(OC1CCC2CCOC2C1)C(F)(F)S(=O)(=O)[O-].c1ccc([S+](c2ccccc2)c2ccccc2)cc1.c1ccc([S+](c2ccccc2)c2ccccc2)cc1. The molecule has 5 atom stereocenters. The lowest BCUT2D eigenvalue weighted by Crippen LogP contribution is -2.59. The summed E-state index contributed by atoms with van der Waals surface area (Å²) in [4.78, 5) is 42.1. The van der Waals surface area contributed by atoms with E-state index in [2.05, 4.69) is 191 Å². The number of hydrogen-bond donors (Lipinski definition) is 0. The average Bonchev–Trinajstić information content (AvgIpc) is 2.59. The van der Waals surface area contributed by atoms with Crippen LogP contribution in [0.25, 0.3) is 0 Å². The number of carbonyl (C=O) groups excluding carboxylic acids is 3. The van der Waals surface area contributed by atoms with Crippen LogP contribution in [-0.2, 0) is 75.4 Å². The Hall–Kier alpha value is -6.07. The summed E-state index contributed by atoms with van der Waals surface area (Å²) in [6.45, 7) is 1.49. The summed E-state index contributed by atoms with van der Waals surface area (Å²) in [6, 6.07) is 64.3. The molecule has 5 saturated carbocycles. The molecule has 4 bridgehead atoms. The Morgan fingerprint density at radius 1 is 0.549 bits per heavy atom. The maximum atomic E-state index is 13.3. The van der Waals surface area contributed by atoms with Gasteiger partial charge >= 0.3 is 28.4 Å². The van der Waals surface area contributed by atoms with E-state index in [1.807, 2.05) is 0 Å². The number of esters is 3. The van der Waals surface area contributed by atoms with Gasteiger partial charge in [-0.2, -0.15) is 17.6 Å². The number of halogens is 4. The van der Waals surface area contributed by atoms with Crippen LogP contribution in [0.5, 0.6) is 0 Å². The summed E-state index contributed by atoms with van der Waals surface area (Å²) in [5, 5.41) is -10.1. The minimum atomic E-state index is -6.14. The van der Waals surface area contributed by atoms with Crippen LogP contribution in [0.1, 0.15) is 71.1 Å². The van der Waals surface area contributed by atoms with Crippen molar-refractivity contribution >= 4 is 59.9 Å². The van der Waals surface area contributed by atoms with E-state index in [1.165, 1.54) is 36.3 Å². The molecule has 0 aromatic heterocycles. The number of ether oxygens (including phenoxy) is 4. The third kappa shape index (κ3) is 15.4. The van der Waals surface area contributed by atoms with Crippen LogP contribution in [0.2, 0.25) is 0 Å². The van der Waals surface area contributed by atoms with Crippen LogP contribution in [0.3, 0.4) is 0 Å². The van der Waals surface area contributed by atoms with Gasteiger partial charge in [0.1, 0.15) is 11.7 Å². The highest BCUT2D eigenvalue weighted by atomic mass is 32.2. The van der Waals surface area contributed by atoms with Gasteiger partial charge < -0.3 is 28.1 Å². The van der Waals surface area contributed by atoms with Crippen molar-refractivity contribution in [1.29, 1.82) is 0 Å². The highest BCUT2D eigenvalue weighted by Crippen LogP contribution is 2.63. The van der Waals surface area contributed by atoms with Crippen LogP contribution in [0.4, 0.5) is 17.6 Å². The van der Waals surface area contributed by atoms with E-state index >= 15 is 0 Å². The van der Waals surface area contributed by atoms with E-state index in [0.29, 0.717) is 57.5 Å². The second-order valence-corrected chi connectivity index (χ2v) is 27.9. The Labute approximate surface area is 481 Å². The fourth-order valence-corrected chi connectivity index (χ4v) is 16.7. The summed E-state index contributed by atoms with van der Waals surface area (Å²) in [5.41, 5.74) is -1.30. The largest absolute Gasteiger partial charge is 0.743 e. The molecular weight excluding hydrogens is 1140 g/mol. The van der Waals surface area contributed by atoms with Crippen molar-refractivity contribution in [2.24, 2.45) is 23.2 Å². The lowest BCUT2D eigenvalue weighted by molar-refractivity contribution is -0.211. The van der Waals surface area contributed by atoms with Crippen molar-refractivity contribution < 1.29 is 76.8 Å². The standard InChI is InChI=1S/2C18H15S.C15H20F2O7S.C10H14F2O6S/c2*1-4-10-16(11-5-1)19(17-12-6-2-7-13-17)18-14-8-3-9-15-18;1-9(18)24-14-5-10-2-11(6-14)4-13(3-10,7-14)8-23-12(19)15(16,17)25(20,21)22;11-10(12,19(14,15)16)9(13)18-7-2-1-6-3-4-17-8(6)5-7/h2*1-15H;10-11H,2-8H2,1H3,(H,20,21,22);6-8H,1-5H2,(H,14,15,16)/q2*+1;;/p-2. The molecule has 1 aliphatic heterocycles. The normalized spacial score (nSPS) is 23.5. The molecule has 12 rings (SSSR count). The summed E-state index contributed by atoms with van der Waals surface area (Å²) >= 11 is 0. The van der Waals surface area contributed by atoms with Crippen molar-refractivity contribution in [2.45, 2.75) is 129 Å². The number of hydrogen-bond acceptors (Lipinski definition) is 13. The van der Waals surface area contributed by atoms with E-state index in [0.717, 1.165) is 12.8 Å². The number of rotatable bonds is 14. The van der Waals surface area contributed by atoms with Crippen molar-refractivity contribution in [3.63, 3.8) is 0 Å². The lowest BCUT2D eigenvalue weighted by Gasteiger charge is -2.60. The van der Waals surface area contributed by atoms with Gasteiger partial charge in [-0.3, -0.25) is 4.79 Å². The molecule has 6 aromatic carbocycles. The maximum Gasteiger partial charge on any atom is 0.428 e. The fourth-order valence-electron chi connectivity index (χ4n) is 12.0. The fraction of sp³-hybridized carbons (Fsp3) is 0.361. The summed E-state index contributed by atoms with van der Waals surface area (Å²) in [5.74, 6) is -4.26. The molecule has 5 unspecified atom stereocenters. The Morgan fingerprint density at radius 3 is 1.27 bits per heavy atom. The minimum Gasteiger partial charge on any atom is -0.743 e. The van der Waals surface area contributed by atoms with Gasteiger partial charge in [0.05, 0.1) is 34.5 Å². The van der Waals surface area contributed by atoms with E-state index in [4.69, 9.17) is 9.47 Å². The molecular formula is C61H62F4O13S4. The highest BCUT2D eigenvalue weighted by molar-refractivity contribution is 7.97. The van der Waals surface area contributed by atoms with E-state index in [9.17, 15) is 57.9 Å². The van der Waals surface area contributed by atoms with Gasteiger partial charge in [-0.05, 0) is 148 Å². The second kappa shape index (κ2) is 26.7. The van der Waals surface area contributed by atoms with Gasteiger partial charge in [0.2, 0.25) is 0 Å². The molecule has 82 heavy (non-hydrogen) atoms. The summed E-state index contributed by atoms with van der Waals surface area (Å²) < 4.78 is 135. The lowest BCUT2D eigenvalue weighted by atomic mass is 9.48. The first kappa shape index (κ1) is 62.0. The zero-order valence-corrected chi connectivity index (χ0v) is 47.9. The first-order valence-electron chi connectivity index (χ1n) is 26.6.